The molecule has 0 aliphatic carbocycles. The van der Waals surface area contributed by atoms with Crippen LogP contribution in [0, 0.1) is 6.92 Å². The molecule has 110 valence electrons. The van der Waals surface area contributed by atoms with Gasteiger partial charge in [0.05, 0.1) is 17.8 Å². The van der Waals surface area contributed by atoms with Gasteiger partial charge in [0, 0.05) is 20.0 Å². The Morgan fingerprint density at radius 1 is 1.35 bits per heavy atom. The Bertz CT molecular complexity index is 599. The Labute approximate surface area is 118 Å². The van der Waals surface area contributed by atoms with Gasteiger partial charge >= 0.3 is 6.09 Å². The van der Waals surface area contributed by atoms with Crippen LogP contribution in [0.4, 0.5) is 4.79 Å². The lowest BCUT2D eigenvalue weighted by Gasteiger charge is -2.30. The predicted molar refractivity (Wildman–Crippen MR) is 74.6 cm³/mol. The molecule has 0 fully saturated rings. The van der Waals surface area contributed by atoms with Crippen LogP contribution < -0.4 is 5.56 Å². The van der Waals surface area contributed by atoms with E-state index < -0.39 is 5.60 Å². The van der Waals surface area contributed by atoms with E-state index in [2.05, 4.69) is 4.98 Å². The van der Waals surface area contributed by atoms with Crippen LogP contribution in [0.3, 0.4) is 0 Å². The van der Waals surface area contributed by atoms with Gasteiger partial charge in [-0.2, -0.15) is 0 Å². The van der Waals surface area contributed by atoms with E-state index in [-0.39, 0.29) is 18.2 Å². The molecule has 0 N–H and O–H groups in total. The van der Waals surface area contributed by atoms with E-state index in [1.807, 2.05) is 27.7 Å². The van der Waals surface area contributed by atoms with Crippen molar-refractivity contribution in [3.05, 3.63) is 27.4 Å². The van der Waals surface area contributed by atoms with Gasteiger partial charge in [-0.15, -0.1) is 0 Å². The lowest BCUT2D eigenvalue weighted by molar-refractivity contribution is 0.0221. The van der Waals surface area contributed by atoms with Crippen LogP contribution in [0.15, 0.2) is 4.79 Å². The summed E-state index contributed by atoms with van der Waals surface area (Å²) in [4.78, 5) is 30.3. The molecule has 0 aromatic carbocycles. The van der Waals surface area contributed by atoms with E-state index in [0.717, 1.165) is 5.69 Å². The molecule has 1 aromatic rings. The van der Waals surface area contributed by atoms with Crippen molar-refractivity contribution in [1.29, 1.82) is 0 Å². The van der Waals surface area contributed by atoms with E-state index in [4.69, 9.17) is 4.74 Å². The van der Waals surface area contributed by atoms with Gasteiger partial charge in [0.2, 0.25) is 0 Å². The highest BCUT2D eigenvalue weighted by Gasteiger charge is 2.28. The zero-order valence-corrected chi connectivity index (χ0v) is 12.7. The third kappa shape index (κ3) is 2.84. The second kappa shape index (κ2) is 4.92. The quantitative estimate of drug-likeness (QED) is 0.719. The first-order valence-corrected chi connectivity index (χ1v) is 6.72. The number of amides is 1. The second-order valence-corrected chi connectivity index (χ2v) is 6.10. The number of rotatable bonds is 0. The molecule has 1 aromatic heterocycles. The van der Waals surface area contributed by atoms with Gasteiger partial charge in [-0.3, -0.25) is 9.36 Å². The fourth-order valence-electron chi connectivity index (χ4n) is 2.17. The van der Waals surface area contributed by atoms with E-state index in [9.17, 15) is 9.59 Å². The Kier molecular flexibility index (Phi) is 3.58. The molecule has 6 nitrogen and oxygen atoms in total. The smallest absolute Gasteiger partial charge is 0.410 e. The first-order chi connectivity index (χ1) is 9.19. The number of carbonyl (C=O) groups excluding carboxylic acids is 1. The minimum Gasteiger partial charge on any atom is -0.444 e. The van der Waals surface area contributed by atoms with Crippen LogP contribution in [0.1, 0.15) is 37.9 Å². The predicted octanol–water partition coefficient (Wildman–Crippen LogP) is 1.38. The Morgan fingerprint density at radius 3 is 2.60 bits per heavy atom. The van der Waals surface area contributed by atoms with Gasteiger partial charge < -0.3 is 9.64 Å². The molecule has 1 aliphatic heterocycles. The Balaban J connectivity index is 2.25. The molecular weight excluding hydrogens is 258 g/mol. The third-order valence-electron chi connectivity index (χ3n) is 3.31. The topological polar surface area (TPSA) is 64.4 Å². The molecule has 0 bridgehead atoms. The molecule has 0 saturated carbocycles. The number of hydrogen-bond donors (Lipinski definition) is 0. The summed E-state index contributed by atoms with van der Waals surface area (Å²) in [7, 11) is 1.69. The van der Waals surface area contributed by atoms with E-state index >= 15 is 0 Å². The summed E-state index contributed by atoms with van der Waals surface area (Å²) in [6, 6.07) is 0. The average molecular weight is 279 g/mol. The Morgan fingerprint density at radius 2 is 2.00 bits per heavy atom. The number of carbonyl (C=O) groups is 1. The molecule has 0 unspecified atom stereocenters. The number of nitrogens with zero attached hydrogens (tertiary/aromatic N) is 3. The Hall–Kier alpha value is -1.85. The average Bonchev–Trinajstić information content (AvgIpc) is 2.34. The molecule has 0 atom stereocenters. The highest BCUT2D eigenvalue weighted by molar-refractivity contribution is 5.68. The standard InChI is InChI=1S/C14H21N3O3/c1-9-15-11-6-7-17(13(19)20-14(2,3)4)8-10(11)12(18)16(9)5/h6-8H2,1-5H3. The van der Waals surface area contributed by atoms with Gasteiger partial charge in [-0.25, -0.2) is 9.78 Å². The summed E-state index contributed by atoms with van der Waals surface area (Å²) < 4.78 is 6.86. The van der Waals surface area contributed by atoms with Gasteiger partial charge in [-0.05, 0) is 27.7 Å². The summed E-state index contributed by atoms with van der Waals surface area (Å²) in [5.74, 6) is 0.694. The molecule has 20 heavy (non-hydrogen) atoms. The maximum atomic E-state index is 12.2. The number of fused-ring (bicyclic) bond motifs is 1. The van der Waals surface area contributed by atoms with Crippen LogP contribution in [-0.2, 0) is 24.8 Å². The fraction of sp³-hybridized carbons (Fsp3) is 0.643. The summed E-state index contributed by atoms with van der Waals surface area (Å²) in [6.45, 7) is 8.08. The van der Waals surface area contributed by atoms with Crippen molar-refractivity contribution < 1.29 is 9.53 Å². The number of hydrogen-bond acceptors (Lipinski definition) is 4. The van der Waals surface area contributed by atoms with Gasteiger partial charge in [-0.1, -0.05) is 0 Å². The molecular formula is C14H21N3O3. The normalized spacial score (nSPS) is 14.9. The van der Waals surface area contributed by atoms with Crippen molar-refractivity contribution in [2.24, 2.45) is 7.05 Å². The van der Waals surface area contributed by atoms with Gasteiger partial charge in [0.15, 0.2) is 0 Å². The fourth-order valence-corrected chi connectivity index (χ4v) is 2.17. The molecule has 6 heteroatoms. The third-order valence-corrected chi connectivity index (χ3v) is 3.31. The van der Waals surface area contributed by atoms with Crippen molar-refractivity contribution in [3.8, 4) is 0 Å². The molecule has 1 amide bonds. The monoisotopic (exact) mass is 279 g/mol. The molecule has 2 rings (SSSR count). The van der Waals surface area contributed by atoms with Crippen molar-refractivity contribution >= 4 is 6.09 Å². The first kappa shape index (κ1) is 14.6. The van der Waals surface area contributed by atoms with Crippen molar-refractivity contribution in [2.75, 3.05) is 6.54 Å². The van der Waals surface area contributed by atoms with E-state index in [0.29, 0.717) is 24.4 Å². The lowest BCUT2D eigenvalue weighted by atomic mass is 10.1. The number of ether oxygens (including phenoxy) is 1. The molecule has 0 spiro atoms. The molecule has 2 heterocycles. The maximum absolute atomic E-state index is 12.2. The highest BCUT2D eigenvalue weighted by atomic mass is 16.6. The van der Waals surface area contributed by atoms with Crippen LogP contribution in [0.5, 0.6) is 0 Å². The van der Waals surface area contributed by atoms with Crippen LogP contribution in [0.2, 0.25) is 0 Å². The van der Waals surface area contributed by atoms with Crippen molar-refractivity contribution in [2.45, 2.75) is 46.3 Å². The summed E-state index contributed by atoms with van der Waals surface area (Å²) in [6.07, 6.45) is 0.205. The largest absolute Gasteiger partial charge is 0.444 e. The van der Waals surface area contributed by atoms with E-state index in [1.165, 1.54) is 4.57 Å². The maximum Gasteiger partial charge on any atom is 0.410 e. The summed E-state index contributed by atoms with van der Waals surface area (Å²) in [5.41, 5.74) is 0.773. The molecule has 0 saturated heterocycles. The summed E-state index contributed by atoms with van der Waals surface area (Å²) in [5, 5.41) is 0. The van der Waals surface area contributed by atoms with Gasteiger partial charge in [0.1, 0.15) is 11.4 Å². The summed E-state index contributed by atoms with van der Waals surface area (Å²) >= 11 is 0. The minimum absolute atomic E-state index is 0.0826. The minimum atomic E-state index is -0.534. The lowest BCUT2D eigenvalue weighted by Crippen LogP contribution is -2.43. The zero-order chi connectivity index (χ0) is 15.1. The van der Waals surface area contributed by atoms with Crippen molar-refractivity contribution in [1.82, 2.24) is 14.5 Å². The zero-order valence-electron chi connectivity index (χ0n) is 12.7. The van der Waals surface area contributed by atoms with Crippen LogP contribution in [-0.4, -0.2) is 32.7 Å². The SMILES string of the molecule is Cc1nc2c(c(=O)n1C)CN(C(=O)OC(C)(C)C)CC2. The second-order valence-electron chi connectivity index (χ2n) is 6.10. The number of aromatic nitrogens is 2. The first-order valence-electron chi connectivity index (χ1n) is 6.72. The van der Waals surface area contributed by atoms with Crippen LogP contribution >= 0.6 is 0 Å². The molecule has 0 radical (unpaired) electrons. The van der Waals surface area contributed by atoms with Gasteiger partial charge in [0.25, 0.3) is 5.56 Å². The highest BCUT2D eigenvalue weighted by Crippen LogP contribution is 2.17. The van der Waals surface area contributed by atoms with Crippen molar-refractivity contribution in [3.63, 3.8) is 0 Å². The molecule has 1 aliphatic rings. The van der Waals surface area contributed by atoms with E-state index in [1.54, 1.807) is 11.9 Å². The van der Waals surface area contributed by atoms with Crippen LogP contribution in [0.25, 0.3) is 0 Å². The number of aryl methyl sites for hydroxylation is 1.